The van der Waals surface area contributed by atoms with Crippen molar-refractivity contribution in [3.63, 3.8) is 0 Å². The maximum Gasteiger partial charge on any atom is 0.257 e. The average Bonchev–Trinajstić information content (AvgIpc) is 3.28. The molecule has 4 aromatic heterocycles. The van der Waals surface area contributed by atoms with Crippen LogP contribution in [0, 0.1) is 11.8 Å². The van der Waals surface area contributed by atoms with Gasteiger partial charge in [-0.3, -0.25) is 4.79 Å². The van der Waals surface area contributed by atoms with Crippen molar-refractivity contribution in [2.75, 3.05) is 25.6 Å². The summed E-state index contributed by atoms with van der Waals surface area (Å²) in [6.45, 7) is 1.60. The highest BCUT2D eigenvalue weighted by Crippen LogP contribution is 2.55. The topological polar surface area (TPSA) is 119 Å². The van der Waals surface area contributed by atoms with Gasteiger partial charge in [0.1, 0.15) is 17.0 Å². The van der Waals surface area contributed by atoms with Crippen molar-refractivity contribution in [3.05, 3.63) is 42.4 Å². The van der Waals surface area contributed by atoms with Gasteiger partial charge >= 0.3 is 0 Å². The molecule has 1 amide bonds. The van der Waals surface area contributed by atoms with Crippen LogP contribution in [0.5, 0.6) is 0 Å². The van der Waals surface area contributed by atoms with Crippen LogP contribution in [0.3, 0.4) is 0 Å². The van der Waals surface area contributed by atoms with E-state index in [1.54, 1.807) is 4.52 Å². The Kier molecular flexibility index (Phi) is 4.25. The lowest BCUT2D eigenvalue weighted by Gasteiger charge is -2.32. The fourth-order valence-corrected chi connectivity index (χ4v) is 5.47. The first kappa shape index (κ1) is 19.9. The van der Waals surface area contributed by atoms with Crippen molar-refractivity contribution >= 4 is 28.4 Å². The number of anilines is 1. The number of amides is 1. The molecule has 0 bridgehead atoms. The van der Waals surface area contributed by atoms with E-state index in [0.29, 0.717) is 35.5 Å². The molecule has 5 heterocycles. The van der Waals surface area contributed by atoms with E-state index in [1.165, 1.54) is 6.20 Å². The molecular weight excluding hydrogens is 434 g/mol. The van der Waals surface area contributed by atoms with Gasteiger partial charge in [0.2, 0.25) is 0 Å². The lowest BCUT2D eigenvalue weighted by molar-refractivity contribution is 0.0448. The van der Waals surface area contributed by atoms with Crippen LogP contribution in [0.2, 0.25) is 0 Å². The molecule has 3 N–H and O–H groups in total. The molecule has 0 spiro atoms. The molecule has 2 aliphatic carbocycles. The number of aliphatic hydroxyl groups excluding tert-OH is 1. The van der Waals surface area contributed by atoms with Crippen LogP contribution in [0.1, 0.15) is 29.2 Å². The summed E-state index contributed by atoms with van der Waals surface area (Å²) in [6, 6.07) is 6.13. The summed E-state index contributed by atoms with van der Waals surface area (Å²) in [5, 5.41) is 21.4. The van der Waals surface area contributed by atoms with Crippen LogP contribution >= 0.6 is 0 Å². The first-order valence-corrected chi connectivity index (χ1v) is 11.7. The minimum Gasteiger partial charge on any atom is -0.391 e. The Morgan fingerprint density at radius 1 is 1.24 bits per heavy atom. The van der Waals surface area contributed by atoms with Crippen molar-refractivity contribution in [1.29, 1.82) is 0 Å². The van der Waals surface area contributed by atoms with Gasteiger partial charge in [-0.15, -0.1) is 0 Å². The maximum absolute atomic E-state index is 13.0. The molecule has 1 aliphatic heterocycles. The predicted molar refractivity (Wildman–Crippen MR) is 125 cm³/mol. The van der Waals surface area contributed by atoms with Crippen molar-refractivity contribution in [3.8, 4) is 11.3 Å². The second-order valence-corrected chi connectivity index (χ2v) is 9.48. The van der Waals surface area contributed by atoms with Gasteiger partial charge in [-0.05, 0) is 25.0 Å². The van der Waals surface area contributed by atoms with E-state index in [9.17, 15) is 9.90 Å². The third kappa shape index (κ3) is 2.82. The van der Waals surface area contributed by atoms with Gasteiger partial charge in [0, 0.05) is 54.3 Å². The predicted octanol–water partition coefficient (Wildman–Crippen LogP) is 1.86. The minimum atomic E-state index is -0.492. The van der Waals surface area contributed by atoms with Crippen LogP contribution in [0.4, 0.5) is 5.82 Å². The Labute approximate surface area is 195 Å². The Bertz CT molecular complexity index is 1430. The summed E-state index contributed by atoms with van der Waals surface area (Å²) >= 11 is 0. The smallest absolute Gasteiger partial charge is 0.257 e. The van der Waals surface area contributed by atoms with E-state index in [2.05, 4.69) is 37.5 Å². The number of aliphatic hydroxyl groups is 1. The number of hydrogen-bond acceptors (Lipinski definition) is 7. The van der Waals surface area contributed by atoms with E-state index < -0.39 is 6.10 Å². The molecule has 4 aromatic rings. The number of aromatic nitrogens is 5. The number of carbonyl (C=O) groups excluding carboxylic acids is 1. The standard InChI is InChI=1S/C24H25N7O3/c1-25-20-7-18(28-23-13(8-27-31(20)23)24(33)29-17-4-5-19(17)32)14-9-30(21-15-10-34-11-16(15)21)22-12(14)3-2-6-26-22/h2-3,6-9,15-17,19,21,25,32H,4-5,10-11H2,1H3,(H,29,33)/t15-,16+,17-,19-,21?/m0/s1. The second-order valence-electron chi connectivity index (χ2n) is 9.48. The molecule has 34 heavy (non-hydrogen) atoms. The normalized spacial score (nSPS) is 27.5. The van der Waals surface area contributed by atoms with E-state index >= 15 is 0 Å². The first-order chi connectivity index (χ1) is 16.6. The highest BCUT2D eigenvalue weighted by molar-refractivity contribution is 6.01. The van der Waals surface area contributed by atoms with Gasteiger partial charge in [0.05, 0.1) is 37.3 Å². The Hall–Kier alpha value is -3.50. The second kappa shape index (κ2) is 7.25. The fourth-order valence-electron chi connectivity index (χ4n) is 5.47. The van der Waals surface area contributed by atoms with Crippen molar-refractivity contribution < 1.29 is 14.6 Å². The quantitative estimate of drug-likeness (QED) is 0.417. The molecule has 3 aliphatic rings. The van der Waals surface area contributed by atoms with E-state index in [4.69, 9.17) is 9.72 Å². The molecule has 1 saturated heterocycles. The van der Waals surface area contributed by atoms with Crippen molar-refractivity contribution in [2.24, 2.45) is 11.8 Å². The van der Waals surface area contributed by atoms with Gasteiger partial charge in [0.25, 0.3) is 5.91 Å². The van der Waals surface area contributed by atoms with Crippen LogP contribution in [0.15, 0.2) is 36.8 Å². The number of pyridine rings is 1. The highest BCUT2D eigenvalue weighted by atomic mass is 16.5. The zero-order valence-electron chi connectivity index (χ0n) is 18.7. The zero-order chi connectivity index (χ0) is 23.0. The van der Waals surface area contributed by atoms with Gasteiger partial charge in [-0.1, -0.05) is 0 Å². The number of nitrogens with one attached hydrogen (secondary N) is 2. The van der Waals surface area contributed by atoms with E-state index in [-0.39, 0.29) is 11.9 Å². The number of fused-ring (bicyclic) bond motifs is 3. The molecule has 10 nitrogen and oxygen atoms in total. The Morgan fingerprint density at radius 2 is 2.09 bits per heavy atom. The highest BCUT2D eigenvalue weighted by Gasteiger charge is 2.55. The summed E-state index contributed by atoms with van der Waals surface area (Å²) < 4.78 is 9.50. The number of hydrogen-bond donors (Lipinski definition) is 3. The molecule has 174 valence electrons. The monoisotopic (exact) mass is 459 g/mol. The largest absolute Gasteiger partial charge is 0.391 e. The molecule has 5 atom stereocenters. The summed E-state index contributed by atoms with van der Waals surface area (Å²) in [5.74, 6) is 1.53. The molecule has 3 fully saturated rings. The SMILES string of the molecule is CNc1cc(-c2cn(C3[C@H]4COC[C@@H]34)c3ncccc23)nc2c(C(=O)N[C@H]3CC[C@@H]3O)cnn12. The molecule has 0 aromatic carbocycles. The number of nitrogens with zero attached hydrogens (tertiary/aromatic N) is 5. The van der Waals surface area contributed by atoms with Gasteiger partial charge in [-0.2, -0.15) is 9.61 Å². The molecule has 1 unspecified atom stereocenters. The summed E-state index contributed by atoms with van der Waals surface area (Å²) in [4.78, 5) is 22.6. The Balaban J connectivity index is 1.34. The summed E-state index contributed by atoms with van der Waals surface area (Å²) in [7, 11) is 1.82. The van der Waals surface area contributed by atoms with Crippen LogP contribution in [0.25, 0.3) is 27.9 Å². The van der Waals surface area contributed by atoms with Crippen LogP contribution < -0.4 is 10.6 Å². The maximum atomic E-state index is 13.0. The Morgan fingerprint density at radius 3 is 2.82 bits per heavy atom. The van der Waals surface area contributed by atoms with Gasteiger partial charge in [0.15, 0.2) is 5.65 Å². The third-order valence-corrected chi connectivity index (χ3v) is 7.62. The van der Waals surface area contributed by atoms with E-state index in [0.717, 1.165) is 47.7 Å². The molecule has 0 radical (unpaired) electrons. The van der Waals surface area contributed by atoms with Crippen LogP contribution in [-0.4, -0.2) is 67.6 Å². The van der Waals surface area contributed by atoms with E-state index in [1.807, 2.05) is 25.4 Å². The zero-order valence-corrected chi connectivity index (χ0v) is 18.7. The molecule has 2 saturated carbocycles. The van der Waals surface area contributed by atoms with Crippen molar-refractivity contribution in [1.82, 2.24) is 29.5 Å². The van der Waals surface area contributed by atoms with Crippen LogP contribution in [-0.2, 0) is 4.74 Å². The third-order valence-electron chi connectivity index (χ3n) is 7.62. The number of carbonyl (C=O) groups is 1. The minimum absolute atomic E-state index is 0.222. The lowest BCUT2D eigenvalue weighted by Crippen LogP contribution is -2.50. The number of ether oxygens (including phenoxy) is 1. The van der Waals surface area contributed by atoms with Gasteiger partial charge in [-0.25, -0.2) is 9.97 Å². The lowest BCUT2D eigenvalue weighted by atomic mass is 9.89. The summed E-state index contributed by atoms with van der Waals surface area (Å²) in [5.41, 5.74) is 3.50. The first-order valence-electron chi connectivity index (χ1n) is 11.7. The van der Waals surface area contributed by atoms with Crippen molar-refractivity contribution in [2.45, 2.75) is 31.0 Å². The average molecular weight is 460 g/mol. The fraction of sp³-hybridized carbons (Fsp3) is 0.417. The van der Waals surface area contributed by atoms with Gasteiger partial charge < -0.3 is 25.0 Å². The molecule has 7 rings (SSSR count). The molecule has 10 heteroatoms. The molecular formula is C24H25N7O3. The number of rotatable bonds is 5. The summed E-state index contributed by atoms with van der Waals surface area (Å²) in [6.07, 6.45) is 6.48.